The summed E-state index contributed by atoms with van der Waals surface area (Å²) in [6, 6.07) is 15.9. The van der Waals surface area contributed by atoms with Crippen LogP contribution in [0.3, 0.4) is 0 Å². The lowest BCUT2D eigenvalue weighted by atomic mass is 10.1. The molecule has 0 saturated heterocycles. The Bertz CT molecular complexity index is 890. The molecule has 0 atom stereocenters. The van der Waals surface area contributed by atoms with Gasteiger partial charge in [-0.1, -0.05) is 6.07 Å². The topological polar surface area (TPSA) is 103 Å². The van der Waals surface area contributed by atoms with Gasteiger partial charge in [0.2, 0.25) is 0 Å². The summed E-state index contributed by atoms with van der Waals surface area (Å²) in [6.45, 7) is 0. The van der Waals surface area contributed by atoms with Crippen LogP contribution in [0.25, 0.3) is 11.1 Å². The lowest BCUT2D eigenvalue weighted by Crippen LogP contribution is -2.13. The van der Waals surface area contributed by atoms with Gasteiger partial charge in [0.15, 0.2) is 0 Å². The van der Waals surface area contributed by atoms with E-state index in [1.54, 1.807) is 49.7 Å². The Balaban J connectivity index is 1.84. The fraction of sp³-hybridized carbons (Fsp3) is 0.0526. The lowest BCUT2D eigenvalue weighted by Gasteiger charge is -2.11. The normalized spacial score (nSPS) is 10.3. The summed E-state index contributed by atoms with van der Waals surface area (Å²) in [7, 11) is 1.58. The number of hydrogen-bond donors (Lipinski definition) is 3. The van der Waals surface area contributed by atoms with Crippen molar-refractivity contribution < 1.29 is 9.53 Å². The fourth-order valence-electron chi connectivity index (χ4n) is 2.36. The third-order valence-corrected chi connectivity index (χ3v) is 3.77. The Labute approximate surface area is 145 Å². The number of nitrogens with one attached hydrogen (secondary N) is 1. The average molecular weight is 334 g/mol. The molecule has 0 saturated carbocycles. The van der Waals surface area contributed by atoms with Gasteiger partial charge in [-0.3, -0.25) is 4.79 Å². The van der Waals surface area contributed by atoms with Gasteiger partial charge in [-0.25, -0.2) is 4.98 Å². The van der Waals surface area contributed by atoms with Crippen LogP contribution in [0.15, 0.2) is 60.8 Å². The summed E-state index contributed by atoms with van der Waals surface area (Å²) in [5.74, 6) is 0.892. The first kappa shape index (κ1) is 16.3. The van der Waals surface area contributed by atoms with Gasteiger partial charge in [0.05, 0.1) is 18.5 Å². The van der Waals surface area contributed by atoms with E-state index in [1.807, 2.05) is 18.2 Å². The molecule has 0 fully saturated rings. The van der Waals surface area contributed by atoms with E-state index in [1.165, 1.54) is 0 Å². The smallest absolute Gasteiger partial charge is 0.255 e. The van der Waals surface area contributed by atoms with Crippen molar-refractivity contribution in [2.45, 2.75) is 0 Å². The second kappa shape index (κ2) is 6.92. The molecule has 0 bridgehead atoms. The van der Waals surface area contributed by atoms with Crippen molar-refractivity contribution in [1.82, 2.24) is 4.98 Å². The summed E-state index contributed by atoms with van der Waals surface area (Å²) >= 11 is 0. The number of nitrogens with zero attached hydrogens (tertiary/aromatic N) is 1. The van der Waals surface area contributed by atoms with Gasteiger partial charge in [-0.2, -0.15) is 0 Å². The maximum atomic E-state index is 12.4. The Morgan fingerprint density at radius 1 is 1.00 bits per heavy atom. The van der Waals surface area contributed by atoms with Crippen LogP contribution in [0.5, 0.6) is 5.75 Å². The van der Waals surface area contributed by atoms with Gasteiger partial charge in [0, 0.05) is 17.3 Å². The van der Waals surface area contributed by atoms with Crippen molar-refractivity contribution in [2.24, 2.45) is 0 Å². The minimum atomic E-state index is -0.248. The second-order valence-electron chi connectivity index (χ2n) is 5.46. The number of pyridine rings is 1. The third kappa shape index (κ3) is 3.69. The van der Waals surface area contributed by atoms with Crippen LogP contribution >= 0.6 is 0 Å². The number of carbonyl (C=O) groups is 1. The van der Waals surface area contributed by atoms with E-state index >= 15 is 0 Å². The number of benzene rings is 2. The first-order chi connectivity index (χ1) is 12.1. The van der Waals surface area contributed by atoms with E-state index in [0.29, 0.717) is 28.5 Å². The van der Waals surface area contributed by atoms with Crippen LogP contribution in [0.2, 0.25) is 0 Å². The van der Waals surface area contributed by atoms with Crippen LogP contribution < -0.4 is 21.5 Å². The molecule has 0 aliphatic rings. The molecule has 3 rings (SSSR count). The number of amides is 1. The predicted octanol–water partition coefficient (Wildman–Crippen LogP) is 3.17. The second-order valence-corrected chi connectivity index (χ2v) is 5.46. The van der Waals surface area contributed by atoms with Crippen molar-refractivity contribution >= 4 is 23.1 Å². The highest BCUT2D eigenvalue weighted by Crippen LogP contribution is 2.27. The molecule has 6 nitrogen and oxygen atoms in total. The average Bonchev–Trinajstić information content (AvgIpc) is 2.64. The van der Waals surface area contributed by atoms with E-state index in [-0.39, 0.29) is 5.91 Å². The van der Waals surface area contributed by atoms with Crippen LogP contribution in [0.4, 0.5) is 17.2 Å². The van der Waals surface area contributed by atoms with Crippen molar-refractivity contribution in [1.29, 1.82) is 0 Å². The van der Waals surface area contributed by atoms with Gasteiger partial charge in [-0.15, -0.1) is 0 Å². The predicted molar refractivity (Wildman–Crippen MR) is 99.4 cm³/mol. The number of carbonyl (C=O) groups excluding carboxylic acids is 1. The van der Waals surface area contributed by atoms with Gasteiger partial charge < -0.3 is 21.5 Å². The van der Waals surface area contributed by atoms with E-state index in [2.05, 4.69) is 10.3 Å². The number of nitrogen functional groups attached to an aromatic ring is 2. The third-order valence-electron chi connectivity index (χ3n) is 3.77. The van der Waals surface area contributed by atoms with Crippen LogP contribution in [-0.2, 0) is 0 Å². The highest BCUT2D eigenvalue weighted by atomic mass is 16.5. The number of nitrogens with two attached hydrogens (primary N) is 2. The van der Waals surface area contributed by atoms with Gasteiger partial charge in [-0.05, 0) is 54.1 Å². The number of anilines is 3. The quantitative estimate of drug-likeness (QED) is 0.636. The summed E-state index contributed by atoms with van der Waals surface area (Å²) in [4.78, 5) is 16.5. The minimum absolute atomic E-state index is 0.248. The lowest BCUT2D eigenvalue weighted by molar-refractivity contribution is 0.102. The first-order valence-electron chi connectivity index (χ1n) is 7.63. The zero-order chi connectivity index (χ0) is 17.8. The van der Waals surface area contributed by atoms with E-state index in [9.17, 15) is 4.79 Å². The molecule has 0 radical (unpaired) electrons. The summed E-state index contributed by atoms with van der Waals surface area (Å²) in [5, 5.41) is 2.84. The molecule has 1 amide bonds. The van der Waals surface area contributed by atoms with Gasteiger partial charge in [0.1, 0.15) is 11.6 Å². The van der Waals surface area contributed by atoms with Gasteiger partial charge >= 0.3 is 0 Å². The molecule has 6 heteroatoms. The molecule has 0 unspecified atom stereocenters. The maximum absolute atomic E-state index is 12.4. The van der Waals surface area contributed by atoms with E-state index in [0.717, 1.165) is 11.1 Å². The standard InChI is InChI=1S/C19H18N4O2/c1-25-15-6-2-12(3-7-15)19(24)23-17-10-13(4-8-16(17)20)14-5-9-18(21)22-11-14/h2-11H,20H2,1H3,(H2,21,22)(H,23,24). The summed E-state index contributed by atoms with van der Waals surface area (Å²) < 4.78 is 5.09. The Morgan fingerprint density at radius 3 is 2.36 bits per heavy atom. The monoisotopic (exact) mass is 334 g/mol. The molecule has 0 aliphatic heterocycles. The number of methoxy groups -OCH3 is 1. The molecular weight excluding hydrogens is 316 g/mol. The van der Waals surface area contributed by atoms with Gasteiger partial charge in [0.25, 0.3) is 5.91 Å². The van der Waals surface area contributed by atoms with Crippen LogP contribution in [-0.4, -0.2) is 18.0 Å². The highest BCUT2D eigenvalue weighted by Gasteiger charge is 2.10. The van der Waals surface area contributed by atoms with Crippen molar-refractivity contribution in [3.63, 3.8) is 0 Å². The molecule has 1 heterocycles. The molecule has 126 valence electrons. The molecule has 2 aromatic carbocycles. The SMILES string of the molecule is COc1ccc(C(=O)Nc2cc(-c3ccc(N)nc3)ccc2N)cc1. The molecule has 0 spiro atoms. The maximum Gasteiger partial charge on any atom is 0.255 e. The first-order valence-corrected chi connectivity index (χ1v) is 7.63. The number of ether oxygens (including phenoxy) is 1. The molecule has 1 aromatic heterocycles. The van der Waals surface area contributed by atoms with E-state index < -0.39 is 0 Å². The highest BCUT2D eigenvalue weighted by molar-refractivity contribution is 6.06. The zero-order valence-electron chi connectivity index (χ0n) is 13.7. The van der Waals surface area contributed by atoms with Crippen LogP contribution in [0, 0.1) is 0 Å². The minimum Gasteiger partial charge on any atom is -0.497 e. The molecular formula is C19H18N4O2. The number of aromatic nitrogens is 1. The molecule has 3 aromatic rings. The molecule has 25 heavy (non-hydrogen) atoms. The van der Waals surface area contributed by atoms with E-state index in [4.69, 9.17) is 16.2 Å². The largest absolute Gasteiger partial charge is 0.497 e. The van der Waals surface area contributed by atoms with Crippen LogP contribution in [0.1, 0.15) is 10.4 Å². The van der Waals surface area contributed by atoms with Crippen molar-refractivity contribution in [3.8, 4) is 16.9 Å². The Kier molecular flexibility index (Phi) is 4.52. The van der Waals surface area contributed by atoms with Crippen molar-refractivity contribution in [2.75, 3.05) is 23.9 Å². The molecule has 0 aliphatic carbocycles. The Hall–Kier alpha value is -3.54. The summed E-state index contributed by atoms with van der Waals surface area (Å²) in [6.07, 6.45) is 1.68. The number of rotatable bonds is 4. The number of hydrogen-bond acceptors (Lipinski definition) is 5. The molecule has 5 N–H and O–H groups in total. The Morgan fingerprint density at radius 2 is 1.72 bits per heavy atom. The van der Waals surface area contributed by atoms with Crippen molar-refractivity contribution in [3.05, 3.63) is 66.4 Å². The fourth-order valence-corrected chi connectivity index (χ4v) is 2.36. The summed E-state index contributed by atoms with van der Waals surface area (Å²) in [5.41, 5.74) is 14.9. The zero-order valence-corrected chi connectivity index (χ0v) is 13.7.